The molecule has 0 saturated carbocycles. The van der Waals surface area contributed by atoms with Gasteiger partial charge in [-0.1, -0.05) is 19.9 Å². The fourth-order valence-electron chi connectivity index (χ4n) is 3.02. The van der Waals surface area contributed by atoms with Crippen LogP contribution in [0, 0.1) is 5.92 Å². The summed E-state index contributed by atoms with van der Waals surface area (Å²) in [7, 11) is 1.55. The van der Waals surface area contributed by atoms with Crippen molar-refractivity contribution in [3.05, 3.63) is 22.4 Å². The second-order valence-corrected chi connectivity index (χ2v) is 7.46. The summed E-state index contributed by atoms with van der Waals surface area (Å²) in [4.78, 5) is 38.5. The quantitative estimate of drug-likeness (QED) is 0.762. The first-order valence-electron chi connectivity index (χ1n) is 8.23. The van der Waals surface area contributed by atoms with Gasteiger partial charge in [0, 0.05) is 19.7 Å². The lowest BCUT2D eigenvalue weighted by Crippen LogP contribution is -2.52. The Kier molecular flexibility index (Phi) is 6.55. The first-order chi connectivity index (χ1) is 11.8. The van der Waals surface area contributed by atoms with Crippen molar-refractivity contribution in [1.29, 1.82) is 0 Å². The molecular weight excluding hydrogens is 344 g/mol. The molecule has 2 rings (SSSR count). The van der Waals surface area contributed by atoms with Crippen LogP contribution in [-0.2, 0) is 14.3 Å². The maximum Gasteiger partial charge on any atom is 0.305 e. The Morgan fingerprint density at radius 2 is 2.16 bits per heavy atom. The van der Waals surface area contributed by atoms with Crippen LogP contribution >= 0.6 is 11.3 Å². The highest BCUT2D eigenvalue weighted by atomic mass is 32.1. The summed E-state index contributed by atoms with van der Waals surface area (Å²) in [5, 5.41) is 13.7. The van der Waals surface area contributed by atoms with Crippen LogP contribution in [0.15, 0.2) is 17.5 Å². The van der Waals surface area contributed by atoms with E-state index in [4.69, 9.17) is 9.84 Å². The number of carboxylic acids is 1. The largest absolute Gasteiger partial charge is 0.481 e. The summed E-state index contributed by atoms with van der Waals surface area (Å²) in [6.07, 6.45) is 0.169. The Bertz CT molecular complexity index is 617. The summed E-state index contributed by atoms with van der Waals surface area (Å²) < 4.78 is 5.31. The van der Waals surface area contributed by atoms with Gasteiger partial charge in [0.25, 0.3) is 5.91 Å². The molecule has 1 aromatic rings. The normalized spacial score (nSPS) is 21.4. The number of amides is 2. The Balaban J connectivity index is 2.14. The van der Waals surface area contributed by atoms with E-state index >= 15 is 0 Å². The van der Waals surface area contributed by atoms with E-state index in [1.807, 2.05) is 13.8 Å². The average Bonchev–Trinajstić information content (AvgIpc) is 3.20. The van der Waals surface area contributed by atoms with Crippen LogP contribution < -0.4 is 5.32 Å². The number of hydrogen-bond acceptors (Lipinski definition) is 5. The summed E-state index contributed by atoms with van der Waals surface area (Å²) in [6.45, 7) is 4.05. The minimum atomic E-state index is -0.955. The molecule has 0 radical (unpaired) electrons. The Labute approximate surface area is 151 Å². The lowest BCUT2D eigenvalue weighted by molar-refractivity contribution is -0.140. The number of hydrogen-bond donors (Lipinski definition) is 2. The maximum atomic E-state index is 13.0. The highest BCUT2D eigenvalue weighted by Gasteiger charge is 2.40. The molecule has 1 saturated heterocycles. The maximum absolute atomic E-state index is 13.0. The Hall–Kier alpha value is -1.93. The van der Waals surface area contributed by atoms with Gasteiger partial charge in [-0.3, -0.25) is 14.4 Å². The van der Waals surface area contributed by atoms with E-state index in [2.05, 4.69) is 5.32 Å². The number of ether oxygens (including phenoxy) is 1. The van der Waals surface area contributed by atoms with Gasteiger partial charge >= 0.3 is 5.97 Å². The van der Waals surface area contributed by atoms with Crippen LogP contribution in [0.2, 0.25) is 0 Å². The van der Waals surface area contributed by atoms with Gasteiger partial charge in [-0.05, 0) is 23.8 Å². The molecule has 1 aromatic heterocycles. The van der Waals surface area contributed by atoms with Gasteiger partial charge in [0.1, 0.15) is 6.04 Å². The number of likely N-dealkylation sites (tertiary alicyclic amines) is 1. The number of nitrogens with one attached hydrogen (secondary N) is 1. The lowest BCUT2D eigenvalue weighted by Gasteiger charge is -2.30. The molecule has 0 aromatic carbocycles. The molecule has 25 heavy (non-hydrogen) atoms. The number of rotatable bonds is 7. The number of carboxylic acid groups (broad SMARTS) is 1. The first kappa shape index (κ1) is 19.4. The molecule has 3 unspecified atom stereocenters. The van der Waals surface area contributed by atoms with Gasteiger partial charge in [0.15, 0.2) is 0 Å². The topological polar surface area (TPSA) is 95.9 Å². The van der Waals surface area contributed by atoms with Crippen molar-refractivity contribution < 1.29 is 24.2 Å². The Morgan fingerprint density at radius 1 is 1.44 bits per heavy atom. The van der Waals surface area contributed by atoms with Crippen molar-refractivity contribution in [2.24, 2.45) is 5.92 Å². The monoisotopic (exact) mass is 368 g/mol. The number of nitrogens with zero attached hydrogens (tertiary/aromatic N) is 1. The number of thiophene rings is 1. The summed E-state index contributed by atoms with van der Waals surface area (Å²) in [6, 6.07) is 2.35. The van der Waals surface area contributed by atoms with E-state index < -0.39 is 18.1 Å². The summed E-state index contributed by atoms with van der Waals surface area (Å²) >= 11 is 1.31. The number of aliphatic carboxylic acids is 1. The van der Waals surface area contributed by atoms with Gasteiger partial charge in [0.2, 0.25) is 5.91 Å². The number of carbonyl (C=O) groups excluding carboxylic acids is 2. The predicted molar refractivity (Wildman–Crippen MR) is 93.6 cm³/mol. The van der Waals surface area contributed by atoms with E-state index in [-0.39, 0.29) is 30.3 Å². The summed E-state index contributed by atoms with van der Waals surface area (Å²) in [5.41, 5.74) is 0. The molecule has 3 atom stereocenters. The third-order valence-corrected chi connectivity index (χ3v) is 5.24. The second-order valence-electron chi connectivity index (χ2n) is 6.51. The van der Waals surface area contributed by atoms with Crippen molar-refractivity contribution in [2.75, 3.05) is 13.7 Å². The Morgan fingerprint density at radius 3 is 2.68 bits per heavy atom. The molecule has 1 fully saturated rings. The van der Waals surface area contributed by atoms with Crippen molar-refractivity contribution in [1.82, 2.24) is 10.2 Å². The third kappa shape index (κ3) is 4.79. The zero-order valence-corrected chi connectivity index (χ0v) is 15.4. The van der Waals surface area contributed by atoms with Gasteiger partial charge in [-0.2, -0.15) is 0 Å². The van der Waals surface area contributed by atoms with Crippen LogP contribution in [-0.4, -0.2) is 59.6 Å². The highest BCUT2D eigenvalue weighted by molar-refractivity contribution is 7.12. The zero-order chi connectivity index (χ0) is 18.6. The van der Waals surface area contributed by atoms with Crippen LogP contribution in [0.25, 0.3) is 0 Å². The number of carbonyl (C=O) groups is 3. The molecule has 2 heterocycles. The molecule has 2 N–H and O–H groups in total. The van der Waals surface area contributed by atoms with Gasteiger partial charge in [0.05, 0.1) is 17.4 Å². The highest BCUT2D eigenvalue weighted by Crippen LogP contribution is 2.25. The van der Waals surface area contributed by atoms with Crippen molar-refractivity contribution >= 4 is 29.1 Å². The van der Waals surface area contributed by atoms with E-state index in [9.17, 15) is 14.4 Å². The van der Waals surface area contributed by atoms with E-state index in [0.717, 1.165) is 0 Å². The molecule has 7 nitrogen and oxygen atoms in total. The average molecular weight is 368 g/mol. The fourth-order valence-corrected chi connectivity index (χ4v) is 3.65. The lowest BCUT2D eigenvalue weighted by atomic mass is 10.0. The zero-order valence-electron chi connectivity index (χ0n) is 14.6. The van der Waals surface area contributed by atoms with Crippen LogP contribution in [0.5, 0.6) is 0 Å². The van der Waals surface area contributed by atoms with Gasteiger partial charge < -0.3 is 20.1 Å². The molecule has 138 valence electrons. The third-order valence-electron chi connectivity index (χ3n) is 4.37. The van der Waals surface area contributed by atoms with Crippen LogP contribution in [0.4, 0.5) is 0 Å². The van der Waals surface area contributed by atoms with E-state index in [1.165, 1.54) is 11.3 Å². The van der Waals surface area contributed by atoms with Crippen molar-refractivity contribution in [3.63, 3.8) is 0 Å². The number of methoxy groups -OCH3 is 1. The fraction of sp³-hybridized carbons (Fsp3) is 0.588. The molecular formula is C17H24N2O5S. The van der Waals surface area contributed by atoms with Crippen molar-refractivity contribution in [2.45, 2.75) is 44.9 Å². The molecule has 2 amide bonds. The molecule has 0 aliphatic carbocycles. The smallest absolute Gasteiger partial charge is 0.305 e. The molecule has 1 aliphatic heterocycles. The minimum absolute atomic E-state index is 0.122. The standard InChI is InChI=1S/C17H24N2O5S/c1-10(2)15(18-16(22)13-5-4-6-25-13)17(23)19-9-12(24-3)7-11(19)8-14(20)21/h4-6,10-12,15H,7-9H2,1-3H3,(H,18,22)(H,20,21). The first-order valence-corrected chi connectivity index (χ1v) is 9.10. The molecule has 1 aliphatic rings. The van der Waals surface area contributed by atoms with E-state index in [1.54, 1.807) is 29.5 Å². The SMILES string of the molecule is COC1CC(CC(=O)O)N(C(=O)C(NC(=O)c2cccs2)C(C)C)C1. The van der Waals surface area contributed by atoms with E-state index in [0.29, 0.717) is 17.8 Å². The minimum Gasteiger partial charge on any atom is -0.481 e. The van der Waals surface area contributed by atoms with Gasteiger partial charge in [-0.25, -0.2) is 0 Å². The molecule has 0 spiro atoms. The van der Waals surface area contributed by atoms with Crippen LogP contribution in [0.1, 0.15) is 36.4 Å². The summed E-state index contributed by atoms with van der Waals surface area (Å²) in [5.74, 6) is -1.63. The molecule has 0 bridgehead atoms. The second kappa shape index (κ2) is 8.44. The van der Waals surface area contributed by atoms with Gasteiger partial charge in [-0.15, -0.1) is 11.3 Å². The molecule has 8 heteroatoms. The van der Waals surface area contributed by atoms with Crippen molar-refractivity contribution in [3.8, 4) is 0 Å². The van der Waals surface area contributed by atoms with Crippen LogP contribution in [0.3, 0.4) is 0 Å². The predicted octanol–water partition coefficient (Wildman–Crippen LogP) is 1.59.